The van der Waals surface area contributed by atoms with Crippen molar-refractivity contribution in [3.63, 3.8) is 0 Å². The summed E-state index contributed by atoms with van der Waals surface area (Å²) in [4.78, 5) is 13.3. The molecule has 1 atom stereocenters. The Kier molecular flexibility index (Phi) is 3.93. The molecule has 1 aromatic carbocycles. The summed E-state index contributed by atoms with van der Waals surface area (Å²) in [5.41, 5.74) is 1.95. The first-order valence-electron chi connectivity index (χ1n) is 8.30. The number of carbonyl (C=O) groups excluding carboxylic acids is 1. The van der Waals surface area contributed by atoms with Crippen LogP contribution in [-0.4, -0.2) is 29.4 Å². The molecule has 0 spiro atoms. The molecule has 0 bridgehead atoms. The minimum Gasteiger partial charge on any atom is -0.447 e. The molecule has 1 saturated heterocycles. The Morgan fingerprint density at radius 2 is 2.25 bits per heavy atom. The molecular weight excluding hydrogens is 308 g/mol. The quantitative estimate of drug-likeness (QED) is 0.878. The van der Waals surface area contributed by atoms with Crippen molar-refractivity contribution < 1.29 is 13.9 Å². The zero-order chi connectivity index (χ0) is 16.5. The first-order chi connectivity index (χ1) is 11.7. The second kappa shape index (κ2) is 6.24. The van der Waals surface area contributed by atoms with E-state index < -0.39 is 0 Å². The number of cyclic esters (lactones) is 1. The molecule has 0 unspecified atom stereocenters. The number of anilines is 1. The highest BCUT2D eigenvalue weighted by atomic mass is 16.6. The van der Waals surface area contributed by atoms with Crippen molar-refractivity contribution in [2.45, 2.75) is 38.3 Å². The molecule has 1 aliphatic carbocycles. The summed E-state index contributed by atoms with van der Waals surface area (Å²) in [6.45, 7) is 3.63. The van der Waals surface area contributed by atoms with Crippen LogP contribution in [0.4, 0.5) is 10.5 Å². The van der Waals surface area contributed by atoms with Crippen LogP contribution in [0.25, 0.3) is 0 Å². The van der Waals surface area contributed by atoms with E-state index in [1.807, 2.05) is 24.3 Å². The van der Waals surface area contributed by atoms with Gasteiger partial charge in [0.2, 0.25) is 11.8 Å². The fourth-order valence-corrected chi connectivity index (χ4v) is 2.78. The predicted molar refractivity (Wildman–Crippen MR) is 86.7 cm³/mol. The van der Waals surface area contributed by atoms with Gasteiger partial charge in [0.25, 0.3) is 0 Å². The van der Waals surface area contributed by atoms with Crippen molar-refractivity contribution in [3.05, 3.63) is 41.6 Å². The molecular formula is C17H20N4O3. The van der Waals surface area contributed by atoms with Crippen molar-refractivity contribution in [2.24, 2.45) is 0 Å². The smallest absolute Gasteiger partial charge is 0.414 e. The third-order valence-electron chi connectivity index (χ3n) is 4.41. The summed E-state index contributed by atoms with van der Waals surface area (Å²) in [6.07, 6.45) is 2.01. The Morgan fingerprint density at radius 3 is 3.00 bits per heavy atom. The van der Waals surface area contributed by atoms with Gasteiger partial charge in [-0.2, -0.15) is 0 Å². The van der Waals surface area contributed by atoms with E-state index in [9.17, 15) is 4.79 Å². The van der Waals surface area contributed by atoms with Crippen LogP contribution in [0.5, 0.6) is 0 Å². The number of aromatic nitrogens is 2. The number of benzene rings is 1. The van der Waals surface area contributed by atoms with Gasteiger partial charge in [-0.15, -0.1) is 10.2 Å². The molecule has 0 radical (unpaired) electrons. The van der Waals surface area contributed by atoms with E-state index in [0.717, 1.165) is 30.0 Å². The Morgan fingerprint density at radius 1 is 1.38 bits per heavy atom. The molecule has 24 heavy (non-hydrogen) atoms. The molecule has 1 aliphatic heterocycles. The van der Waals surface area contributed by atoms with Gasteiger partial charge < -0.3 is 14.5 Å². The maximum atomic E-state index is 11.7. The molecule has 1 N–H and O–H groups in total. The van der Waals surface area contributed by atoms with E-state index in [4.69, 9.17) is 9.15 Å². The van der Waals surface area contributed by atoms with Crippen LogP contribution in [0, 0.1) is 0 Å². The number of amides is 1. The second-order valence-corrected chi connectivity index (χ2v) is 6.27. The lowest BCUT2D eigenvalue weighted by Crippen LogP contribution is -2.24. The highest BCUT2D eigenvalue weighted by molar-refractivity contribution is 5.89. The molecule has 2 aliphatic rings. The van der Waals surface area contributed by atoms with Crippen molar-refractivity contribution in [1.29, 1.82) is 0 Å². The summed E-state index contributed by atoms with van der Waals surface area (Å²) in [5, 5.41) is 11.6. The van der Waals surface area contributed by atoms with Gasteiger partial charge in [0.05, 0.1) is 13.1 Å². The molecule has 4 rings (SSSR count). The first kappa shape index (κ1) is 15.1. The highest BCUT2D eigenvalue weighted by Gasteiger charge is 2.29. The zero-order valence-corrected chi connectivity index (χ0v) is 13.6. The number of carbonyl (C=O) groups is 1. The van der Waals surface area contributed by atoms with Crippen molar-refractivity contribution in [2.75, 3.05) is 18.1 Å². The fourth-order valence-electron chi connectivity index (χ4n) is 2.78. The Bertz CT molecular complexity index is 741. The lowest BCUT2D eigenvalue weighted by Gasteiger charge is -2.17. The molecule has 7 heteroatoms. The standard InChI is InChI=1S/C17H20N4O3/c1-11(18-10-15-19-20-16(24-15)12-5-6-12)13-3-2-4-14(9-13)21-7-8-23-17(21)22/h2-4,9,11-12,18H,5-8,10H2,1H3/t11-/m0/s1. The zero-order valence-electron chi connectivity index (χ0n) is 13.6. The molecule has 1 aromatic heterocycles. The van der Waals surface area contributed by atoms with E-state index in [-0.39, 0.29) is 12.1 Å². The minimum absolute atomic E-state index is 0.0971. The Hall–Kier alpha value is -2.41. The van der Waals surface area contributed by atoms with Crippen molar-refractivity contribution >= 4 is 11.8 Å². The molecule has 2 heterocycles. The number of ether oxygens (including phenoxy) is 1. The van der Waals surface area contributed by atoms with E-state index in [0.29, 0.717) is 31.5 Å². The summed E-state index contributed by atoms with van der Waals surface area (Å²) in [6, 6.07) is 8.01. The summed E-state index contributed by atoms with van der Waals surface area (Å²) in [5.74, 6) is 1.84. The normalized spacial score (nSPS) is 18.7. The Balaban J connectivity index is 1.40. The van der Waals surface area contributed by atoms with E-state index in [2.05, 4.69) is 22.4 Å². The van der Waals surface area contributed by atoms with Crippen LogP contribution in [-0.2, 0) is 11.3 Å². The topological polar surface area (TPSA) is 80.5 Å². The Labute approximate surface area is 140 Å². The van der Waals surface area contributed by atoms with Gasteiger partial charge in [-0.3, -0.25) is 4.90 Å². The van der Waals surface area contributed by atoms with Crippen LogP contribution < -0.4 is 10.2 Å². The molecule has 1 saturated carbocycles. The first-order valence-corrected chi connectivity index (χ1v) is 8.30. The van der Waals surface area contributed by atoms with Gasteiger partial charge in [0.15, 0.2) is 0 Å². The predicted octanol–water partition coefficient (Wildman–Crippen LogP) is 2.75. The van der Waals surface area contributed by atoms with Crippen LogP contribution in [0.1, 0.15) is 49.1 Å². The van der Waals surface area contributed by atoms with E-state index in [1.54, 1.807) is 4.90 Å². The second-order valence-electron chi connectivity index (χ2n) is 6.27. The van der Waals surface area contributed by atoms with Crippen LogP contribution in [0.3, 0.4) is 0 Å². The van der Waals surface area contributed by atoms with Gasteiger partial charge in [-0.25, -0.2) is 4.79 Å². The molecule has 2 fully saturated rings. The van der Waals surface area contributed by atoms with Gasteiger partial charge in [-0.1, -0.05) is 12.1 Å². The number of nitrogens with zero attached hydrogens (tertiary/aromatic N) is 3. The number of rotatable bonds is 6. The van der Waals surface area contributed by atoms with Crippen LogP contribution in [0.2, 0.25) is 0 Å². The average molecular weight is 328 g/mol. The van der Waals surface area contributed by atoms with Gasteiger partial charge in [0, 0.05) is 17.6 Å². The number of nitrogens with one attached hydrogen (secondary N) is 1. The SMILES string of the molecule is C[C@H](NCc1nnc(C2CC2)o1)c1cccc(N2CCOC2=O)c1. The lowest BCUT2D eigenvalue weighted by molar-refractivity contribution is 0.181. The molecule has 1 amide bonds. The lowest BCUT2D eigenvalue weighted by atomic mass is 10.1. The molecule has 2 aromatic rings. The summed E-state index contributed by atoms with van der Waals surface area (Å²) < 4.78 is 10.7. The largest absolute Gasteiger partial charge is 0.447 e. The van der Waals surface area contributed by atoms with E-state index >= 15 is 0 Å². The number of hydrogen-bond acceptors (Lipinski definition) is 6. The maximum Gasteiger partial charge on any atom is 0.414 e. The maximum absolute atomic E-state index is 11.7. The molecule has 7 nitrogen and oxygen atoms in total. The fraction of sp³-hybridized carbons (Fsp3) is 0.471. The van der Waals surface area contributed by atoms with Gasteiger partial charge in [-0.05, 0) is 37.5 Å². The summed E-state index contributed by atoms with van der Waals surface area (Å²) >= 11 is 0. The molecule has 126 valence electrons. The third-order valence-corrected chi connectivity index (χ3v) is 4.41. The minimum atomic E-state index is -0.286. The van der Waals surface area contributed by atoms with Gasteiger partial charge >= 0.3 is 6.09 Å². The van der Waals surface area contributed by atoms with E-state index in [1.165, 1.54) is 0 Å². The van der Waals surface area contributed by atoms with Crippen LogP contribution in [0.15, 0.2) is 28.7 Å². The average Bonchev–Trinajstić information content (AvgIpc) is 3.19. The third kappa shape index (κ3) is 3.12. The number of hydrogen-bond donors (Lipinski definition) is 1. The van der Waals surface area contributed by atoms with Crippen LogP contribution >= 0.6 is 0 Å². The van der Waals surface area contributed by atoms with Gasteiger partial charge in [0.1, 0.15) is 6.61 Å². The van der Waals surface area contributed by atoms with Crippen molar-refractivity contribution in [3.8, 4) is 0 Å². The highest BCUT2D eigenvalue weighted by Crippen LogP contribution is 2.39. The van der Waals surface area contributed by atoms with Crippen molar-refractivity contribution in [1.82, 2.24) is 15.5 Å². The summed E-state index contributed by atoms with van der Waals surface area (Å²) in [7, 11) is 0. The monoisotopic (exact) mass is 328 g/mol.